The Kier molecular flexibility index (Phi) is 6.49. The van der Waals surface area contributed by atoms with E-state index < -0.39 is 6.10 Å². The third kappa shape index (κ3) is 5.13. The summed E-state index contributed by atoms with van der Waals surface area (Å²) in [6.45, 7) is 6.66. The zero-order chi connectivity index (χ0) is 15.3. The number of likely N-dealkylation sites (N-methyl/N-ethyl adjacent to an activating group) is 1. The number of amides is 1. The highest BCUT2D eigenvalue weighted by Crippen LogP contribution is 2.24. The second-order valence-corrected chi connectivity index (χ2v) is 6.20. The predicted molar refractivity (Wildman–Crippen MR) is 84.9 cm³/mol. The summed E-state index contributed by atoms with van der Waals surface area (Å²) in [5, 5.41) is 3.36. The van der Waals surface area contributed by atoms with Crippen LogP contribution >= 0.6 is 15.9 Å². The molecule has 112 valence electrons. The average Bonchev–Trinajstić information content (AvgIpc) is 2.37. The van der Waals surface area contributed by atoms with Crippen molar-refractivity contribution in [2.24, 2.45) is 0 Å². The van der Waals surface area contributed by atoms with Crippen molar-refractivity contribution in [1.82, 2.24) is 10.2 Å². The summed E-state index contributed by atoms with van der Waals surface area (Å²) in [5.74, 6) is 0.694. The Balaban J connectivity index is 2.85. The van der Waals surface area contributed by atoms with Gasteiger partial charge >= 0.3 is 0 Å². The fraction of sp³-hybridized carbons (Fsp3) is 0.533. The minimum absolute atomic E-state index is 0.0457. The third-order valence-corrected chi connectivity index (χ3v) is 3.31. The van der Waals surface area contributed by atoms with Crippen LogP contribution in [0.1, 0.15) is 26.3 Å². The first-order valence-corrected chi connectivity index (χ1v) is 7.50. The minimum atomic E-state index is -0.496. The molecule has 0 aliphatic carbocycles. The predicted octanol–water partition coefficient (Wildman–Crippen LogP) is 2.80. The number of halogens is 1. The van der Waals surface area contributed by atoms with Crippen molar-refractivity contribution in [1.29, 1.82) is 0 Å². The lowest BCUT2D eigenvalue weighted by Crippen LogP contribution is -2.35. The van der Waals surface area contributed by atoms with Crippen LogP contribution in [0.2, 0.25) is 0 Å². The largest absolute Gasteiger partial charge is 0.481 e. The first kappa shape index (κ1) is 17.0. The highest BCUT2D eigenvalue weighted by Gasteiger charge is 2.18. The van der Waals surface area contributed by atoms with Crippen molar-refractivity contribution in [2.75, 3.05) is 14.1 Å². The molecule has 0 bridgehead atoms. The van der Waals surface area contributed by atoms with Crippen LogP contribution in [0.3, 0.4) is 0 Å². The van der Waals surface area contributed by atoms with E-state index in [2.05, 4.69) is 35.1 Å². The van der Waals surface area contributed by atoms with Gasteiger partial charge in [-0.05, 0) is 25.1 Å². The SMILES string of the molecule is CC(C)NCc1cc(Br)ccc1OC(C)C(=O)N(C)C. The van der Waals surface area contributed by atoms with E-state index >= 15 is 0 Å². The molecule has 0 heterocycles. The van der Waals surface area contributed by atoms with Gasteiger partial charge < -0.3 is 15.0 Å². The topological polar surface area (TPSA) is 41.6 Å². The number of carbonyl (C=O) groups excluding carboxylic acids is 1. The van der Waals surface area contributed by atoms with Crippen molar-refractivity contribution >= 4 is 21.8 Å². The van der Waals surface area contributed by atoms with Gasteiger partial charge in [-0.1, -0.05) is 29.8 Å². The zero-order valence-corrected chi connectivity index (χ0v) is 14.3. The molecule has 4 nitrogen and oxygen atoms in total. The van der Waals surface area contributed by atoms with Gasteiger partial charge in [0.25, 0.3) is 5.91 Å². The normalized spacial score (nSPS) is 12.3. The Morgan fingerprint density at radius 2 is 2.00 bits per heavy atom. The molecule has 20 heavy (non-hydrogen) atoms. The number of hydrogen-bond donors (Lipinski definition) is 1. The molecule has 1 unspecified atom stereocenters. The van der Waals surface area contributed by atoms with Crippen LogP contribution in [0.4, 0.5) is 0 Å². The molecule has 0 radical (unpaired) electrons. The molecule has 0 saturated heterocycles. The Labute approximate surface area is 129 Å². The van der Waals surface area contributed by atoms with E-state index in [0.29, 0.717) is 12.6 Å². The summed E-state index contributed by atoms with van der Waals surface area (Å²) >= 11 is 3.46. The zero-order valence-electron chi connectivity index (χ0n) is 12.7. The third-order valence-electron chi connectivity index (χ3n) is 2.82. The fourth-order valence-corrected chi connectivity index (χ4v) is 2.13. The molecule has 0 aliphatic rings. The van der Waals surface area contributed by atoms with Gasteiger partial charge in [0.1, 0.15) is 5.75 Å². The van der Waals surface area contributed by atoms with Crippen LogP contribution in [0.25, 0.3) is 0 Å². The molecule has 0 fully saturated rings. The molecule has 0 aliphatic heterocycles. The molecule has 1 atom stereocenters. The number of hydrogen-bond acceptors (Lipinski definition) is 3. The quantitative estimate of drug-likeness (QED) is 0.864. The molecular weight excluding hydrogens is 320 g/mol. The Hall–Kier alpha value is -1.07. The number of benzene rings is 1. The molecule has 0 saturated carbocycles. The van der Waals surface area contributed by atoms with E-state index in [1.54, 1.807) is 21.0 Å². The second-order valence-electron chi connectivity index (χ2n) is 5.28. The van der Waals surface area contributed by atoms with Gasteiger partial charge in [-0.25, -0.2) is 0 Å². The fourth-order valence-electron chi connectivity index (χ4n) is 1.72. The molecule has 1 rings (SSSR count). The number of nitrogens with one attached hydrogen (secondary N) is 1. The second kappa shape index (κ2) is 7.64. The summed E-state index contributed by atoms with van der Waals surface area (Å²) in [5.41, 5.74) is 1.03. The molecule has 5 heteroatoms. The lowest BCUT2D eigenvalue weighted by atomic mass is 10.2. The molecular formula is C15H23BrN2O2. The number of rotatable bonds is 6. The van der Waals surface area contributed by atoms with E-state index in [1.165, 1.54) is 4.90 Å². The van der Waals surface area contributed by atoms with Crippen molar-refractivity contribution in [3.8, 4) is 5.75 Å². The molecule has 1 amide bonds. The molecule has 1 aromatic rings. The van der Waals surface area contributed by atoms with Crippen LogP contribution in [-0.4, -0.2) is 37.0 Å². The minimum Gasteiger partial charge on any atom is -0.481 e. The highest BCUT2D eigenvalue weighted by atomic mass is 79.9. The highest BCUT2D eigenvalue weighted by molar-refractivity contribution is 9.10. The van der Waals surface area contributed by atoms with E-state index in [-0.39, 0.29) is 5.91 Å². The lowest BCUT2D eigenvalue weighted by molar-refractivity contribution is -0.135. The molecule has 1 aromatic carbocycles. The van der Waals surface area contributed by atoms with Crippen LogP contribution in [0.5, 0.6) is 5.75 Å². The lowest BCUT2D eigenvalue weighted by Gasteiger charge is -2.20. The van der Waals surface area contributed by atoms with Crippen molar-refractivity contribution < 1.29 is 9.53 Å². The number of nitrogens with zero attached hydrogens (tertiary/aromatic N) is 1. The maximum atomic E-state index is 11.9. The van der Waals surface area contributed by atoms with Crippen molar-refractivity contribution in [2.45, 2.75) is 39.5 Å². The maximum Gasteiger partial charge on any atom is 0.262 e. The van der Waals surface area contributed by atoms with Crippen LogP contribution in [-0.2, 0) is 11.3 Å². The summed E-state index contributed by atoms with van der Waals surface area (Å²) in [4.78, 5) is 13.4. The van der Waals surface area contributed by atoms with Gasteiger partial charge in [-0.3, -0.25) is 4.79 Å². The van der Waals surface area contributed by atoms with E-state index in [9.17, 15) is 4.79 Å². The van der Waals surface area contributed by atoms with Gasteiger partial charge in [0.05, 0.1) is 0 Å². The summed E-state index contributed by atoms with van der Waals surface area (Å²) in [6, 6.07) is 6.21. The Morgan fingerprint density at radius 3 is 2.55 bits per heavy atom. The van der Waals surface area contributed by atoms with Crippen LogP contribution in [0, 0.1) is 0 Å². The number of ether oxygens (including phenoxy) is 1. The standard InChI is InChI=1S/C15H23BrN2O2/c1-10(2)17-9-12-8-13(16)6-7-14(12)20-11(3)15(19)18(4)5/h6-8,10-11,17H,9H2,1-5H3. The monoisotopic (exact) mass is 342 g/mol. The van der Waals surface area contributed by atoms with Gasteiger partial charge in [0, 0.05) is 36.7 Å². The van der Waals surface area contributed by atoms with Gasteiger partial charge in [-0.15, -0.1) is 0 Å². The molecule has 0 aromatic heterocycles. The average molecular weight is 343 g/mol. The van der Waals surface area contributed by atoms with Gasteiger partial charge in [0.2, 0.25) is 0 Å². The Bertz CT molecular complexity index is 461. The van der Waals surface area contributed by atoms with E-state index in [0.717, 1.165) is 15.8 Å². The van der Waals surface area contributed by atoms with Crippen molar-refractivity contribution in [3.05, 3.63) is 28.2 Å². The van der Waals surface area contributed by atoms with E-state index in [4.69, 9.17) is 4.74 Å². The molecule has 0 spiro atoms. The first-order chi connectivity index (χ1) is 9.31. The first-order valence-electron chi connectivity index (χ1n) is 6.71. The van der Waals surface area contributed by atoms with E-state index in [1.807, 2.05) is 18.2 Å². The summed E-state index contributed by atoms with van der Waals surface area (Å²) < 4.78 is 6.80. The van der Waals surface area contributed by atoms with Gasteiger partial charge in [0.15, 0.2) is 6.10 Å². The van der Waals surface area contributed by atoms with Crippen LogP contribution < -0.4 is 10.1 Å². The van der Waals surface area contributed by atoms with Gasteiger partial charge in [-0.2, -0.15) is 0 Å². The van der Waals surface area contributed by atoms with Crippen LogP contribution in [0.15, 0.2) is 22.7 Å². The summed E-state index contributed by atoms with van der Waals surface area (Å²) in [7, 11) is 3.45. The molecule has 1 N–H and O–H groups in total. The maximum absolute atomic E-state index is 11.9. The Morgan fingerprint density at radius 1 is 1.35 bits per heavy atom. The number of carbonyl (C=O) groups is 1. The smallest absolute Gasteiger partial charge is 0.262 e. The van der Waals surface area contributed by atoms with Crippen molar-refractivity contribution in [3.63, 3.8) is 0 Å². The summed E-state index contributed by atoms with van der Waals surface area (Å²) in [6.07, 6.45) is -0.496.